The number of nitrogens with zero attached hydrogens (tertiary/aromatic N) is 1. The minimum atomic E-state index is 0.938. The molecule has 0 unspecified atom stereocenters. The predicted molar refractivity (Wildman–Crippen MR) is 49.2 cm³/mol. The van der Waals surface area contributed by atoms with Gasteiger partial charge in [0.15, 0.2) is 0 Å². The van der Waals surface area contributed by atoms with Crippen molar-refractivity contribution >= 4 is 22.6 Å². The van der Waals surface area contributed by atoms with Crippen LogP contribution in [0.1, 0.15) is 19.3 Å². The molecule has 0 amide bonds. The molecular formula is C7H14IN. The average molecular weight is 239 g/mol. The topological polar surface area (TPSA) is 3.24 Å². The first-order valence-electron chi connectivity index (χ1n) is 3.61. The minimum absolute atomic E-state index is 0.938. The molecule has 0 spiro atoms. The summed E-state index contributed by atoms with van der Waals surface area (Å²) in [7, 11) is 2.22. The predicted octanol–water partition coefficient (Wildman–Crippen LogP) is 1.91. The van der Waals surface area contributed by atoms with Gasteiger partial charge in [0, 0.05) is 3.92 Å². The van der Waals surface area contributed by atoms with Gasteiger partial charge in [-0.05, 0) is 39.4 Å². The van der Waals surface area contributed by atoms with Gasteiger partial charge in [-0.25, -0.2) is 0 Å². The van der Waals surface area contributed by atoms with Gasteiger partial charge >= 0.3 is 0 Å². The van der Waals surface area contributed by atoms with E-state index in [4.69, 9.17) is 0 Å². The zero-order chi connectivity index (χ0) is 6.69. The second kappa shape index (κ2) is 3.76. The lowest BCUT2D eigenvalue weighted by Crippen LogP contribution is -2.18. The van der Waals surface area contributed by atoms with Crippen LogP contribution in [0.25, 0.3) is 0 Å². The summed E-state index contributed by atoms with van der Waals surface area (Å²) in [6.07, 6.45) is 4.20. The Morgan fingerprint density at radius 3 is 2.89 bits per heavy atom. The van der Waals surface area contributed by atoms with E-state index < -0.39 is 0 Å². The lowest BCUT2D eigenvalue weighted by molar-refractivity contribution is 0.350. The third kappa shape index (κ3) is 2.85. The van der Waals surface area contributed by atoms with E-state index in [2.05, 4.69) is 34.5 Å². The van der Waals surface area contributed by atoms with Crippen molar-refractivity contribution in [2.75, 3.05) is 20.1 Å². The van der Waals surface area contributed by atoms with Gasteiger partial charge in [-0.1, -0.05) is 22.6 Å². The lowest BCUT2D eigenvalue weighted by atomic mass is 10.2. The molecule has 0 saturated carbocycles. The van der Waals surface area contributed by atoms with Gasteiger partial charge in [0.05, 0.1) is 0 Å². The first-order chi connectivity index (χ1) is 4.29. The molecule has 1 rings (SSSR count). The van der Waals surface area contributed by atoms with Crippen LogP contribution in [0.4, 0.5) is 0 Å². The fraction of sp³-hybridized carbons (Fsp3) is 1.00. The Balaban J connectivity index is 2.25. The quantitative estimate of drug-likeness (QED) is 0.461. The van der Waals surface area contributed by atoms with Gasteiger partial charge in [0.25, 0.3) is 0 Å². The van der Waals surface area contributed by atoms with E-state index in [1.165, 1.54) is 32.4 Å². The largest absolute Gasteiger partial charge is 0.306 e. The number of halogens is 1. The molecule has 0 aliphatic carbocycles. The first kappa shape index (κ1) is 7.79. The number of rotatable bonds is 0. The van der Waals surface area contributed by atoms with Crippen LogP contribution < -0.4 is 0 Å². The highest BCUT2D eigenvalue weighted by Gasteiger charge is 2.10. The molecule has 0 bridgehead atoms. The van der Waals surface area contributed by atoms with Crippen molar-refractivity contribution in [1.29, 1.82) is 0 Å². The molecule has 1 saturated heterocycles. The monoisotopic (exact) mass is 239 g/mol. The molecule has 0 N–H and O–H groups in total. The number of likely N-dealkylation sites (tertiary alicyclic amines) is 1. The third-order valence-corrected chi connectivity index (χ3v) is 3.13. The van der Waals surface area contributed by atoms with Crippen molar-refractivity contribution in [3.63, 3.8) is 0 Å². The van der Waals surface area contributed by atoms with Crippen molar-refractivity contribution in [1.82, 2.24) is 4.90 Å². The van der Waals surface area contributed by atoms with Crippen molar-refractivity contribution in [2.24, 2.45) is 0 Å². The third-order valence-electron chi connectivity index (χ3n) is 1.88. The van der Waals surface area contributed by atoms with Crippen LogP contribution in [0.3, 0.4) is 0 Å². The molecule has 1 aliphatic rings. The van der Waals surface area contributed by atoms with Crippen LogP contribution in [-0.4, -0.2) is 29.0 Å². The normalized spacial score (nSPS) is 32.0. The molecule has 1 aliphatic heterocycles. The smallest absolute Gasteiger partial charge is 0.0122 e. The van der Waals surface area contributed by atoms with Crippen LogP contribution in [0.15, 0.2) is 0 Å². The van der Waals surface area contributed by atoms with E-state index >= 15 is 0 Å². The van der Waals surface area contributed by atoms with Gasteiger partial charge in [-0.15, -0.1) is 0 Å². The summed E-state index contributed by atoms with van der Waals surface area (Å²) in [5.41, 5.74) is 0. The lowest BCUT2D eigenvalue weighted by Gasteiger charge is -2.10. The van der Waals surface area contributed by atoms with Crippen LogP contribution in [0.2, 0.25) is 0 Å². The van der Waals surface area contributed by atoms with Crippen LogP contribution in [0.5, 0.6) is 0 Å². The molecule has 0 radical (unpaired) electrons. The standard InChI is InChI=1S/C7H14IN/c1-9-5-2-3-7(8)4-6-9/h7H,2-6H2,1H3/t7-/m1/s1. The summed E-state index contributed by atoms with van der Waals surface area (Å²) in [4.78, 5) is 2.43. The maximum Gasteiger partial charge on any atom is 0.0122 e. The second-order valence-electron chi connectivity index (χ2n) is 2.83. The zero-order valence-corrected chi connectivity index (χ0v) is 8.10. The zero-order valence-electron chi connectivity index (χ0n) is 5.94. The Hall–Kier alpha value is 0.690. The number of hydrogen-bond donors (Lipinski definition) is 0. The van der Waals surface area contributed by atoms with Gasteiger partial charge in [0.2, 0.25) is 0 Å². The van der Waals surface area contributed by atoms with E-state index in [9.17, 15) is 0 Å². The van der Waals surface area contributed by atoms with Gasteiger partial charge < -0.3 is 4.90 Å². The van der Waals surface area contributed by atoms with Crippen LogP contribution >= 0.6 is 22.6 Å². The summed E-state index contributed by atoms with van der Waals surface area (Å²) < 4.78 is 0.938. The minimum Gasteiger partial charge on any atom is -0.306 e. The second-order valence-corrected chi connectivity index (χ2v) is 4.59. The van der Waals surface area contributed by atoms with Crippen molar-refractivity contribution < 1.29 is 0 Å². The van der Waals surface area contributed by atoms with E-state index in [1.54, 1.807) is 0 Å². The Morgan fingerprint density at radius 1 is 1.33 bits per heavy atom. The molecule has 54 valence electrons. The molecule has 1 fully saturated rings. The van der Waals surface area contributed by atoms with Gasteiger partial charge in [0.1, 0.15) is 0 Å². The SMILES string of the molecule is CN1CCC[C@@H](I)CC1. The number of hydrogen-bond acceptors (Lipinski definition) is 1. The highest BCUT2D eigenvalue weighted by atomic mass is 127. The van der Waals surface area contributed by atoms with E-state index in [0.717, 1.165) is 3.92 Å². The molecule has 9 heavy (non-hydrogen) atoms. The maximum atomic E-state index is 2.56. The van der Waals surface area contributed by atoms with Gasteiger partial charge in [-0.2, -0.15) is 0 Å². The van der Waals surface area contributed by atoms with E-state index in [-0.39, 0.29) is 0 Å². The fourth-order valence-electron chi connectivity index (χ4n) is 1.20. The molecule has 2 heteroatoms. The van der Waals surface area contributed by atoms with Crippen molar-refractivity contribution in [3.05, 3.63) is 0 Å². The summed E-state index contributed by atoms with van der Waals surface area (Å²) in [6.45, 7) is 2.60. The molecule has 1 atom stereocenters. The summed E-state index contributed by atoms with van der Waals surface area (Å²) in [6, 6.07) is 0. The Bertz CT molecular complexity index is 75.0. The summed E-state index contributed by atoms with van der Waals surface area (Å²) >= 11 is 2.56. The molecule has 0 aromatic carbocycles. The van der Waals surface area contributed by atoms with Crippen molar-refractivity contribution in [3.8, 4) is 0 Å². The highest BCUT2D eigenvalue weighted by molar-refractivity contribution is 14.1. The number of alkyl halides is 1. The Kier molecular flexibility index (Phi) is 3.26. The molecule has 0 aromatic rings. The average Bonchev–Trinajstić information content (AvgIpc) is 1.97. The van der Waals surface area contributed by atoms with Crippen LogP contribution in [0, 0.1) is 0 Å². The Morgan fingerprint density at radius 2 is 2.11 bits per heavy atom. The van der Waals surface area contributed by atoms with Gasteiger partial charge in [-0.3, -0.25) is 0 Å². The summed E-state index contributed by atoms with van der Waals surface area (Å²) in [5, 5.41) is 0. The highest BCUT2D eigenvalue weighted by Crippen LogP contribution is 2.16. The fourth-order valence-corrected chi connectivity index (χ4v) is 1.92. The summed E-state index contributed by atoms with van der Waals surface area (Å²) in [5.74, 6) is 0. The van der Waals surface area contributed by atoms with Crippen molar-refractivity contribution in [2.45, 2.75) is 23.2 Å². The molecular weight excluding hydrogens is 225 g/mol. The van der Waals surface area contributed by atoms with Crippen LogP contribution in [-0.2, 0) is 0 Å². The maximum absolute atomic E-state index is 2.56. The molecule has 0 aromatic heterocycles. The van der Waals surface area contributed by atoms with E-state index in [0.29, 0.717) is 0 Å². The Labute approximate surface area is 70.9 Å². The van der Waals surface area contributed by atoms with E-state index in [1.807, 2.05) is 0 Å². The molecule has 1 heterocycles. The first-order valence-corrected chi connectivity index (χ1v) is 4.86. The molecule has 1 nitrogen and oxygen atoms in total.